The second-order valence-corrected chi connectivity index (χ2v) is 4.26. The zero-order chi connectivity index (χ0) is 14.4. The van der Waals surface area contributed by atoms with E-state index >= 15 is 0 Å². The van der Waals surface area contributed by atoms with Crippen molar-refractivity contribution >= 4 is 5.69 Å². The number of hydrogen-bond donors (Lipinski definition) is 1. The van der Waals surface area contributed by atoms with Gasteiger partial charge in [-0.25, -0.2) is 0 Å². The number of ether oxygens (including phenoxy) is 2. The van der Waals surface area contributed by atoms with Crippen LogP contribution in [0.3, 0.4) is 0 Å². The van der Waals surface area contributed by atoms with Gasteiger partial charge in [-0.1, -0.05) is 12.0 Å². The molecule has 0 saturated heterocycles. The average Bonchev–Trinajstić information content (AvgIpc) is 2.52. The topological polar surface area (TPSA) is 30.5 Å². The van der Waals surface area contributed by atoms with Gasteiger partial charge in [0.1, 0.15) is 11.5 Å². The smallest absolute Gasteiger partial charge is 0.127 e. The summed E-state index contributed by atoms with van der Waals surface area (Å²) in [6.45, 7) is 0.654. The summed E-state index contributed by atoms with van der Waals surface area (Å²) in [4.78, 5) is 0. The molecular formula is C17H17NO2. The first-order valence-electron chi connectivity index (χ1n) is 6.28. The predicted molar refractivity (Wildman–Crippen MR) is 81.2 cm³/mol. The molecule has 0 spiro atoms. The second-order valence-electron chi connectivity index (χ2n) is 4.26. The van der Waals surface area contributed by atoms with Crippen molar-refractivity contribution in [1.29, 1.82) is 0 Å². The molecule has 0 radical (unpaired) electrons. The third-order valence-corrected chi connectivity index (χ3v) is 3.01. The van der Waals surface area contributed by atoms with Crippen molar-refractivity contribution in [2.75, 3.05) is 19.5 Å². The first-order valence-corrected chi connectivity index (χ1v) is 6.28. The fourth-order valence-electron chi connectivity index (χ4n) is 1.91. The number of rotatable bonds is 5. The van der Waals surface area contributed by atoms with Gasteiger partial charge in [0.15, 0.2) is 0 Å². The molecule has 0 aliphatic carbocycles. The molecule has 0 unspecified atom stereocenters. The Hall–Kier alpha value is -2.60. The highest BCUT2D eigenvalue weighted by atomic mass is 16.5. The first-order chi connectivity index (χ1) is 9.76. The number of methoxy groups -OCH3 is 2. The van der Waals surface area contributed by atoms with E-state index in [0.717, 1.165) is 28.3 Å². The van der Waals surface area contributed by atoms with Crippen LogP contribution in [0.25, 0.3) is 0 Å². The third kappa shape index (κ3) is 3.24. The Morgan fingerprint density at radius 3 is 2.65 bits per heavy atom. The maximum atomic E-state index is 5.39. The largest absolute Gasteiger partial charge is 0.497 e. The maximum Gasteiger partial charge on any atom is 0.127 e. The molecular weight excluding hydrogens is 250 g/mol. The fraction of sp³-hybridized carbons (Fsp3) is 0.176. The van der Waals surface area contributed by atoms with Gasteiger partial charge in [0, 0.05) is 29.4 Å². The van der Waals surface area contributed by atoms with E-state index in [0.29, 0.717) is 6.54 Å². The Bertz CT molecular complexity index is 629. The van der Waals surface area contributed by atoms with Gasteiger partial charge >= 0.3 is 0 Å². The summed E-state index contributed by atoms with van der Waals surface area (Å²) in [7, 11) is 3.29. The van der Waals surface area contributed by atoms with Gasteiger partial charge < -0.3 is 14.8 Å². The number of benzene rings is 2. The van der Waals surface area contributed by atoms with Crippen LogP contribution in [0.15, 0.2) is 42.5 Å². The minimum Gasteiger partial charge on any atom is -0.497 e. The minimum absolute atomic E-state index is 0.654. The summed E-state index contributed by atoms with van der Waals surface area (Å²) < 4.78 is 10.6. The molecule has 0 heterocycles. The zero-order valence-electron chi connectivity index (χ0n) is 11.6. The molecule has 2 aromatic carbocycles. The van der Waals surface area contributed by atoms with Crippen LogP contribution in [0.1, 0.15) is 11.1 Å². The first kappa shape index (κ1) is 13.8. The lowest BCUT2D eigenvalue weighted by Gasteiger charge is -2.12. The van der Waals surface area contributed by atoms with Gasteiger partial charge in [0.25, 0.3) is 0 Å². The Balaban J connectivity index is 2.12. The van der Waals surface area contributed by atoms with Gasteiger partial charge in [-0.05, 0) is 30.3 Å². The number of nitrogens with one attached hydrogen (secondary N) is 1. The highest BCUT2D eigenvalue weighted by Crippen LogP contribution is 2.25. The molecule has 2 aromatic rings. The molecule has 1 N–H and O–H groups in total. The summed E-state index contributed by atoms with van der Waals surface area (Å²) in [6, 6.07) is 13.5. The van der Waals surface area contributed by atoms with E-state index < -0.39 is 0 Å². The van der Waals surface area contributed by atoms with Crippen molar-refractivity contribution in [3.8, 4) is 23.8 Å². The molecule has 0 bridgehead atoms. The molecule has 0 aliphatic rings. The van der Waals surface area contributed by atoms with Crippen LogP contribution in [0, 0.1) is 12.3 Å². The van der Waals surface area contributed by atoms with Crippen LogP contribution in [-0.2, 0) is 6.54 Å². The van der Waals surface area contributed by atoms with E-state index in [-0.39, 0.29) is 0 Å². The lowest BCUT2D eigenvalue weighted by atomic mass is 10.1. The van der Waals surface area contributed by atoms with E-state index in [1.54, 1.807) is 14.2 Å². The van der Waals surface area contributed by atoms with Gasteiger partial charge in [-0.2, -0.15) is 0 Å². The number of terminal acetylenes is 1. The second kappa shape index (κ2) is 6.53. The number of anilines is 1. The average molecular weight is 267 g/mol. The molecule has 3 nitrogen and oxygen atoms in total. The normalized spacial score (nSPS) is 9.65. The van der Waals surface area contributed by atoms with E-state index in [2.05, 4.69) is 11.2 Å². The SMILES string of the molecule is C#Cc1cccc(NCc2ccc(OC)cc2OC)c1. The fourth-order valence-corrected chi connectivity index (χ4v) is 1.91. The predicted octanol–water partition coefficient (Wildman–Crippen LogP) is 3.30. The standard InChI is InChI=1S/C17H17NO2/c1-4-13-6-5-7-15(10-13)18-12-14-8-9-16(19-2)11-17(14)20-3/h1,5-11,18H,12H2,2-3H3. The van der Waals surface area contributed by atoms with Crippen LogP contribution in [0.2, 0.25) is 0 Å². The quantitative estimate of drug-likeness (QED) is 0.843. The highest BCUT2D eigenvalue weighted by molar-refractivity contribution is 5.51. The molecule has 20 heavy (non-hydrogen) atoms. The lowest BCUT2D eigenvalue weighted by molar-refractivity contribution is 0.391. The molecule has 102 valence electrons. The Morgan fingerprint density at radius 1 is 1.10 bits per heavy atom. The van der Waals surface area contributed by atoms with E-state index in [1.165, 1.54) is 0 Å². The summed E-state index contributed by atoms with van der Waals surface area (Å²) in [5, 5.41) is 3.33. The van der Waals surface area contributed by atoms with E-state index in [1.807, 2.05) is 42.5 Å². The Morgan fingerprint density at radius 2 is 1.95 bits per heavy atom. The van der Waals surface area contributed by atoms with Crippen molar-refractivity contribution in [3.05, 3.63) is 53.6 Å². The van der Waals surface area contributed by atoms with Crippen molar-refractivity contribution in [3.63, 3.8) is 0 Å². The lowest BCUT2D eigenvalue weighted by Crippen LogP contribution is -2.02. The van der Waals surface area contributed by atoms with Crippen molar-refractivity contribution in [2.24, 2.45) is 0 Å². The summed E-state index contributed by atoms with van der Waals surface area (Å²) >= 11 is 0. The molecule has 3 heteroatoms. The minimum atomic E-state index is 0.654. The molecule has 0 saturated carbocycles. The van der Waals surface area contributed by atoms with Crippen molar-refractivity contribution in [2.45, 2.75) is 6.54 Å². The maximum absolute atomic E-state index is 5.39. The molecule has 2 rings (SSSR count). The summed E-state index contributed by atoms with van der Waals surface area (Å²) in [6.07, 6.45) is 5.39. The van der Waals surface area contributed by atoms with E-state index in [9.17, 15) is 0 Å². The van der Waals surface area contributed by atoms with Crippen LogP contribution in [0.5, 0.6) is 11.5 Å². The van der Waals surface area contributed by atoms with Crippen LogP contribution < -0.4 is 14.8 Å². The summed E-state index contributed by atoms with van der Waals surface area (Å²) in [5.41, 5.74) is 2.90. The molecule has 0 aliphatic heterocycles. The molecule has 0 fully saturated rings. The molecule has 0 amide bonds. The van der Waals surface area contributed by atoms with Crippen molar-refractivity contribution in [1.82, 2.24) is 0 Å². The zero-order valence-corrected chi connectivity index (χ0v) is 11.6. The Labute approximate surface area is 119 Å². The van der Waals surface area contributed by atoms with Gasteiger partial charge in [0.05, 0.1) is 14.2 Å². The highest BCUT2D eigenvalue weighted by Gasteiger charge is 2.05. The summed E-state index contributed by atoms with van der Waals surface area (Å²) in [5.74, 6) is 4.20. The Kier molecular flexibility index (Phi) is 4.52. The van der Waals surface area contributed by atoms with Gasteiger partial charge in [0.2, 0.25) is 0 Å². The monoisotopic (exact) mass is 267 g/mol. The van der Waals surface area contributed by atoms with Crippen LogP contribution in [-0.4, -0.2) is 14.2 Å². The van der Waals surface area contributed by atoms with E-state index in [4.69, 9.17) is 15.9 Å². The third-order valence-electron chi connectivity index (χ3n) is 3.01. The molecule has 0 aromatic heterocycles. The van der Waals surface area contributed by atoms with Crippen molar-refractivity contribution < 1.29 is 9.47 Å². The van der Waals surface area contributed by atoms with Gasteiger partial charge in [-0.15, -0.1) is 6.42 Å². The van der Waals surface area contributed by atoms with Crippen LogP contribution in [0.4, 0.5) is 5.69 Å². The van der Waals surface area contributed by atoms with Crippen LogP contribution >= 0.6 is 0 Å². The van der Waals surface area contributed by atoms with Gasteiger partial charge in [-0.3, -0.25) is 0 Å². The number of hydrogen-bond acceptors (Lipinski definition) is 3. The molecule has 0 atom stereocenters.